The number of hydrogen-bond acceptors (Lipinski definition) is 3. The molecule has 0 amide bonds. The van der Waals surface area contributed by atoms with E-state index >= 15 is 0 Å². The summed E-state index contributed by atoms with van der Waals surface area (Å²) >= 11 is 0. The minimum atomic E-state index is -0.808. The van der Waals surface area contributed by atoms with Crippen molar-refractivity contribution >= 4 is 0 Å². The second kappa shape index (κ2) is 5.03. The number of aliphatic hydroxyl groups is 1. The maximum Gasteiger partial charge on any atom is 0.136 e. The third-order valence-corrected chi connectivity index (χ3v) is 3.32. The summed E-state index contributed by atoms with van der Waals surface area (Å²) in [6.45, 7) is 1.29. The summed E-state index contributed by atoms with van der Waals surface area (Å²) in [5.41, 5.74) is 1.21. The van der Waals surface area contributed by atoms with Gasteiger partial charge in [-0.05, 0) is 23.3 Å². The van der Waals surface area contributed by atoms with Crippen LogP contribution in [0.2, 0.25) is 0 Å². The lowest BCUT2D eigenvalue weighted by atomic mass is 9.92. The highest BCUT2D eigenvalue weighted by Crippen LogP contribution is 2.30. The summed E-state index contributed by atoms with van der Waals surface area (Å²) in [6.07, 6.45) is 0. The lowest BCUT2D eigenvalue weighted by Crippen LogP contribution is -2.46. The van der Waals surface area contributed by atoms with Crippen LogP contribution in [0, 0.1) is 0 Å². The highest BCUT2D eigenvalue weighted by atomic mass is 16.5. The van der Waals surface area contributed by atoms with E-state index in [0.717, 1.165) is 16.9 Å². The Morgan fingerprint density at radius 2 is 1.68 bits per heavy atom. The van der Waals surface area contributed by atoms with E-state index in [2.05, 4.69) is 0 Å². The first-order chi connectivity index (χ1) is 9.26. The van der Waals surface area contributed by atoms with Gasteiger partial charge >= 0.3 is 0 Å². The van der Waals surface area contributed by atoms with Crippen LogP contribution in [-0.4, -0.2) is 18.3 Å². The molecule has 1 saturated heterocycles. The fourth-order valence-electron chi connectivity index (χ4n) is 2.06. The van der Waals surface area contributed by atoms with Crippen molar-refractivity contribution in [1.29, 1.82) is 0 Å². The Bertz CT molecular complexity index is 530. The summed E-state index contributed by atoms with van der Waals surface area (Å²) < 4.78 is 10.7. The predicted octanol–water partition coefficient (Wildman–Crippen LogP) is 2.48. The Hall–Kier alpha value is -1.84. The van der Waals surface area contributed by atoms with E-state index in [0.29, 0.717) is 19.8 Å². The van der Waals surface area contributed by atoms with Crippen molar-refractivity contribution in [1.82, 2.24) is 0 Å². The van der Waals surface area contributed by atoms with Gasteiger partial charge in [-0.3, -0.25) is 0 Å². The maximum absolute atomic E-state index is 10.1. The second-order valence-electron chi connectivity index (χ2n) is 4.82. The van der Waals surface area contributed by atoms with Gasteiger partial charge in [-0.15, -0.1) is 0 Å². The van der Waals surface area contributed by atoms with Crippen molar-refractivity contribution in [2.24, 2.45) is 0 Å². The summed E-state index contributed by atoms with van der Waals surface area (Å²) in [4.78, 5) is 0. The van der Waals surface area contributed by atoms with Crippen molar-refractivity contribution in [3.63, 3.8) is 0 Å². The van der Waals surface area contributed by atoms with E-state index in [-0.39, 0.29) is 0 Å². The first-order valence-corrected chi connectivity index (χ1v) is 6.34. The molecule has 0 saturated carbocycles. The molecule has 1 aliphatic rings. The van der Waals surface area contributed by atoms with Crippen molar-refractivity contribution in [3.05, 3.63) is 65.7 Å². The van der Waals surface area contributed by atoms with Crippen molar-refractivity contribution in [2.75, 3.05) is 13.2 Å². The molecule has 1 aliphatic heterocycles. The van der Waals surface area contributed by atoms with Crippen molar-refractivity contribution in [2.45, 2.75) is 12.2 Å². The van der Waals surface area contributed by atoms with Gasteiger partial charge in [0.05, 0.1) is 13.2 Å². The Kier molecular flexibility index (Phi) is 3.23. The molecule has 19 heavy (non-hydrogen) atoms. The Labute approximate surface area is 112 Å². The van der Waals surface area contributed by atoms with Gasteiger partial charge in [-0.2, -0.15) is 0 Å². The monoisotopic (exact) mass is 256 g/mol. The molecule has 0 unspecified atom stereocenters. The highest BCUT2D eigenvalue weighted by molar-refractivity contribution is 5.32. The van der Waals surface area contributed by atoms with Crippen LogP contribution in [-0.2, 0) is 16.9 Å². The number of benzene rings is 2. The molecule has 2 aromatic carbocycles. The molecule has 3 nitrogen and oxygen atoms in total. The zero-order valence-corrected chi connectivity index (χ0v) is 10.6. The molecule has 3 heteroatoms. The van der Waals surface area contributed by atoms with Crippen LogP contribution >= 0.6 is 0 Å². The molecule has 0 atom stereocenters. The van der Waals surface area contributed by atoms with Gasteiger partial charge in [-0.25, -0.2) is 0 Å². The normalized spacial score (nSPS) is 16.7. The fourth-order valence-corrected chi connectivity index (χ4v) is 2.06. The molecule has 0 aromatic heterocycles. The lowest BCUT2D eigenvalue weighted by molar-refractivity contribution is -0.184. The van der Waals surface area contributed by atoms with Gasteiger partial charge in [0.25, 0.3) is 0 Å². The van der Waals surface area contributed by atoms with E-state index in [9.17, 15) is 5.11 Å². The third-order valence-electron chi connectivity index (χ3n) is 3.32. The fraction of sp³-hybridized carbons (Fsp3) is 0.250. The van der Waals surface area contributed by atoms with Gasteiger partial charge < -0.3 is 14.6 Å². The molecule has 3 rings (SSSR count). The average Bonchev–Trinajstić information content (AvgIpc) is 2.44. The molecule has 2 aromatic rings. The summed E-state index contributed by atoms with van der Waals surface area (Å²) in [7, 11) is 0. The first kappa shape index (κ1) is 12.2. The van der Waals surface area contributed by atoms with Crippen LogP contribution in [0.5, 0.6) is 5.75 Å². The average molecular weight is 256 g/mol. The van der Waals surface area contributed by atoms with Crippen molar-refractivity contribution in [3.8, 4) is 5.75 Å². The zero-order valence-electron chi connectivity index (χ0n) is 10.6. The number of rotatable bonds is 4. The van der Waals surface area contributed by atoms with Gasteiger partial charge in [0.2, 0.25) is 0 Å². The molecule has 0 spiro atoms. The minimum Gasteiger partial charge on any atom is -0.489 e. The molecule has 98 valence electrons. The Morgan fingerprint density at radius 3 is 2.26 bits per heavy atom. The molecule has 1 fully saturated rings. The summed E-state index contributed by atoms with van der Waals surface area (Å²) in [6, 6.07) is 17.6. The zero-order chi connectivity index (χ0) is 13.1. The SMILES string of the molecule is OC1(c2ccc(OCc3ccccc3)cc2)COC1. The third kappa shape index (κ3) is 2.62. The van der Waals surface area contributed by atoms with E-state index < -0.39 is 5.60 Å². The minimum absolute atomic E-state index is 0.372. The molecule has 1 N–H and O–H groups in total. The predicted molar refractivity (Wildman–Crippen MR) is 71.9 cm³/mol. The Balaban J connectivity index is 1.63. The number of ether oxygens (including phenoxy) is 2. The van der Waals surface area contributed by atoms with Crippen LogP contribution < -0.4 is 4.74 Å². The molecule has 1 heterocycles. The summed E-state index contributed by atoms with van der Waals surface area (Å²) in [5, 5.41) is 10.1. The van der Waals surface area contributed by atoms with Crippen molar-refractivity contribution < 1.29 is 14.6 Å². The molecular weight excluding hydrogens is 240 g/mol. The van der Waals surface area contributed by atoms with Crippen LogP contribution in [0.3, 0.4) is 0 Å². The first-order valence-electron chi connectivity index (χ1n) is 6.34. The van der Waals surface area contributed by atoms with Crippen LogP contribution in [0.1, 0.15) is 11.1 Å². The van der Waals surface area contributed by atoms with Crippen LogP contribution in [0.4, 0.5) is 0 Å². The second-order valence-corrected chi connectivity index (χ2v) is 4.82. The maximum atomic E-state index is 10.1. The topological polar surface area (TPSA) is 38.7 Å². The summed E-state index contributed by atoms with van der Waals surface area (Å²) in [5.74, 6) is 0.802. The highest BCUT2D eigenvalue weighted by Gasteiger charge is 2.37. The van der Waals surface area contributed by atoms with Crippen LogP contribution in [0.15, 0.2) is 54.6 Å². The standard InChI is InChI=1S/C16H16O3/c17-16(11-18-12-16)14-6-8-15(9-7-14)19-10-13-4-2-1-3-5-13/h1-9,17H,10-12H2. The lowest BCUT2D eigenvalue weighted by Gasteiger charge is -2.36. The van der Waals surface area contributed by atoms with Gasteiger partial charge in [0.15, 0.2) is 0 Å². The van der Waals surface area contributed by atoms with Gasteiger partial charge in [0, 0.05) is 0 Å². The van der Waals surface area contributed by atoms with E-state index in [4.69, 9.17) is 9.47 Å². The van der Waals surface area contributed by atoms with Gasteiger partial charge in [0.1, 0.15) is 18.0 Å². The number of hydrogen-bond donors (Lipinski definition) is 1. The van der Waals surface area contributed by atoms with E-state index in [1.165, 1.54) is 0 Å². The van der Waals surface area contributed by atoms with Crippen LogP contribution in [0.25, 0.3) is 0 Å². The van der Waals surface area contributed by atoms with E-state index in [1.54, 1.807) is 0 Å². The smallest absolute Gasteiger partial charge is 0.136 e. The van der Waals surface area contributed by atoms with Gasteiger partial charge in [-0.1, -0.05) is 42.5 Å². The Morgan fingerprint density at radius 1 is 1.00 bits per heavy atom. The molecule has 0 bridgehead atoms. The largest absolute Gasteiger partial charge is 0.489 e. The molecule has 0 aliphatic carbocycles. The molecular formula is C16H16O3. The van der Waals surface area contributed by atoms with E-state index in [1.807, 2.05) is 54.6 Å². The quantitative estimate of drug-likeness (QED) is 0.913. The molecule has 0 radical (unpaired) electrons.